The molecule has 18 heavy (non-hydrogen) atoms. The summed E-state index contributed by atoms with van der Waals surface area (Å²) < 4.78 is 2.32. The first-order valence-corrected chi connectivity index (χ1v) is 6.88. The number of benzene rings is 1. The van der Waals surface area contributed by atoms with Crippen LogP contribution < -0.4 is 5.56 Å². The SMILES string of the molecule is Cc1c(Cl)[nH]n(C(C)c2ccc(Br)c(Cl)c2)c1=O. The average molecular weight is 350 g/mol. The molecule has 0 bridgehead atoms. The highest BCUT2D eigenvalue weighted by Gasteiger charge is 2.15. The number of halogens is 3. The van der Waals surface area contributed by atoms with Crippen molar-refractivity contribution in [2.24, 2.45) is 0 Å². The highest BCUT2D eigenvalue weighted by molar-refractivity contribution is 9.10. The van der Waals surface area contributed by atoms with Crippen LogP contribution in [0.25, 0.3) is 0 Å². The Morgan fingerprint density at radius 3 is 2.56 bits per heavy atom. The Bertz CT molecular complexity index is 648. The molecule has 1 atom stereocenters. The predicted molar refractivity (Wildman–Crippen MR) is 77.8 cm³/mol. The van der Waals surface area contributed by atoms with E-state index in [1.807, 2.05) is 25.1 Å². The van der Waals surface area contributed by atoms with Gasteiger partial charge < -0.3 is 0 Å². The molecular weight excluding hydrogens is 339 g/mol. The van der Waals surface area contributed by atoms with Crippen LogP contribution in [0.1, 0.15) is 24.1 Å². The summed E-state index contributed by atoms with van der Waals surface area (Å²) in [6, 6.07) is 5.44. The third kappa shape index (κ3) is 2.37. The van der Waals surface area contributed by atoms with Crippen molar-refractivity contribution in [1.82, 2.24) is 9.78 Å². The van der Waals surface area contributed by atoms with E-state index in [2.05, 4.69) is 21.0 Å². The monoisotopic (exact) mass is 348 g/mol. The second-order valence-corrected chi connectivity index (χ2v) is 5.71. The van der Waals surface area contributed by atoms with Gasteiger partial charge in [0.2, 0.25) is 0 Å². The molecule has 3 nitrogen and oxygen atoms in total. The number of hydrogen-bond acceptors (Lipinski definition) is 1. The first-order valence-electron chi connectivity index (χ1n) is 5.33. The zero-order valence-corrected chi connectivity index (χ0v) is 12.9. The lowest BCUT2D eigenvalue weighted by Gasteiger charge is -2.13. The van der Waals surface area contributed by atoms with Gasteiger partial charge in [-0.05, 0) is 47.5 Å². The standard InChI is InChI=1S/C12H11BrCl2N2O/c1-6-11(15)16-17(12(6)18)7(2)8-3-4-9(13)10(14)5-8/h3-5,7,16H,1-2H3. The zero-order valence-electron chi connectivity index (χ0n) is 9.80. The minimum atomic E-state index is -0.158. The van der Waals surface area contributed by atoms with Crippen LogP contribution in [0, 0.1) is 6.92 Å². The van der Waals surface area contributed by atoms with E-state index < -0.39 is 0 Å². The summed E-state index contributed by atoms with van der Waals surface area (Å²) in [7, 11) is 0. The van der Waals surface area contributed by atoms with Crippen LogP contribution in [0.4, 0.5) is 0 Å². The van der Waals surface area contributed by atoms with Crippen LogP contribution >= 0.6 is 39.1 Å². The number of rotatable bonds is 2. The molecule has 96 valence electrons. The number of aromatic amines is 1. The molecule has 1 unspecified atom stereocenters. The lowest BCUT2D eigenvalue weighted by atomic mass is 10.1. The van der Waals surface area contributed by atoms with Crippen LogP contribution in [-0.4, -0.2) is 9.78 Å². The van der Waals surface area contributed by atoms with Gasteiger partial charge in [-0.15, -0.1) is 0 Å². The molecule has 1 N–H and O–H groups in total. The predicted octanol–water partition coefficient (Wildman–Crippen LogP) is 4.16. The number of nitrogens with one attached hydrogen (secondary N) is 1. The number of hydrogen-bond donors (Lipinski definition) is 1. The van der Waals surface area contributed by atoms with E-state index in [-0.39, 0.29) is 11.6 Å². The van der Waals surface area contributed by atoms with Gasteiger partial charge in [0.05, 0.1) is 16.6 Å². The van der Waals surface area contributed by atoms with Gasteiger partial charge in [-0.25, -0.2) is 4.68 Å². The zero-order chi connectivity index (χ0) is 13.4. The second-order valence-electron chi connectivity index (χ2n) is 4.08. The summed E-state index contributed by atoms with van der Waals surface area (Å²) in [5, 5.41) is 3.84. The van der Waals surface area contributed by atoms with Crippen molar-refractivity contribution in [2.75, 3.05) is 0 Å². The third-order valence-electron chi connectivity index (χ3n) is 2.90. The van der Waals surface area contributed by atoms with E-state index in [1.54, 1.807) is 6.92 Å². The van der Waals surface area contributed by atoms with Gasteiger partial charge in [0.15, 0.2) is 0 Å². The molecule has 0 spiro atoms. The Morgan fingerprint density at radius 2 is 2.06 bits per heavy atom. The maximum absolute atomic E-state index is 12.0. The molecule has 1 aromatic carbocycles. The molecule has 0 radical (unpaired) electrons. The maximum atomic E-state index is 12.0. The maximum Gasteiger partial charge on any atom is 0.271 e. The van der Waals surface area contributed by atoms with Gasteiger partial charge in [-0.3, -0.25) is 9.89 Å². The van der Waals surface area contributed by atoms with E-state index in [1.165, 1.54) is 4.68 Å². The molecular formula is C12H11BrCl2N2O. The fraction of sp³-hybridized carbons (Fsp3) is 0.250. The summed E-state index contributed by atoms with van der Waals surface area (Å²) in [6.07, 6.45) is 0. The molecule has 6 heteroatoms. The largest absolute Gasteiger partial charge is 0.284 e. The Balaban J connectivity index is 2.47. The molecule has 2 aromatic rings. The first kappa shape index (κ1) is 13.7. The molecule has 0 saturated carbocycles. The van der Waals surface area contributed by atoms with E-state index in [9.17, 15) is 4.79 Å². The molecule has 0 aliphatic heterocycles. The van der Waals surface area contributed by atoms with Crippen LogP contribution in [-0.2, 0) is 0 Å². The van der Waals surface area contributed by atoms with E-state index >= 15 is 0 Å². The quantitative estimate of drug-likeness (QED) is 0.868. The Kier molecular flexibility index (Phi) is 3.90. The van der Waals surface area contributed by atoms with Crippen molar-refractivity contribution in [3.8, 4) is 0 Å². The summed E-state index contributed by atoms with van der Waals surface area (Å²) in [5.41, 5.74) is 1.33. The topological polar surface area (TPSA) is 37.8 Å². The lowest BCUT2D eigenvalue weighted by molar-refractivity contribution is 0.547. The second kappa shape index (κ2) is 5.11. The fourth-order valence-electron chi connectivity index (χ4n) is 1.71. The summed E-state index contributed by atoms with van der Waals surface area (Å²) in [5.74, 6) is 0. The van der Waals surface area contributed by atoms with Crippen molar-refractivity contribution in [2.45, 2.75) is 19.9 Å². The van der Waals surface area contributed by atoms with Gasteiger partial charge in [0.25, 0.3) is 5.56 Å². The van der Waals surface area contributed by atoms with Gasteiger partial charge in [-0.1, -0.05) is 29.3 Å². The van der Waals surface area contributed by atoms with Crippen LogP contribution in [0.2, 0.25) is 10.2 Å². The molecule has 0 amide bonds. The van der Waals surface area contributed by atoms with Crippen molar-refractivity contribution in [1.29, 1.82) is 0 Å². The summed E-state index contributed by atoms with van der Waals surface area (Å²) in [6.45, 7) is 3.60. The fourth-order valence-corrected chi connectivity index (χ4v) is 2.32. The summed E-state index contributed by atoms with van der Waals surface area (Å²) >= 11 is 15.3. The highest BCUT2D eigenvalue weighted by Crippen LogP contribution is 2.27. The number of H-pyrrole nitrogens is 1. The molecule has 2 rings (SSSR count). The molecule has 0 saturated heterocycles. The number of nitrogens with zero attached hydrogens (tertiary/aromatic N) is 1. The van der Waals surface area contributed by atoms with E-state index in [4.69, 9.17) is 23.2 Å². The number of aromatic nitrogens is 2. The summed E-state index contributed by atoms with van der Waals surface area (Å²) in [4.78, 5) is 12.0. The Labute approximate surface area is 123 Å². The van der Waals surface area contributed by atoms with Gasteiger partial charge in [-0.2, -0.15) is 0 Å². The first-order chi connectivity index (χ1) is 8.41. The van der Waals surface area contributed by atoms with Crippen molar-refractivity contribution >= 4 is 39.1 Å². The van der Waals surface area contributed by atoms with Crippen LogP contribution in [0.5, 0.6) is 0 Å². The molecule has 0 aliphatic rings. The van der Waals surface area contributed by atoms with Crippen molar-refractivity contribution < 1.29 is 0 Å². The molecule has 0 fully saturated rings. The highest BCUT2D eigenvalue weighted by atomic mass is 79.9. The van der Waals surface area contributed by atoms with Gasteiger partial charge in [0.1, 0.15) is 5.15 Å². The minimum Gasteiger partial charge on any atom is -0.284 e. The Morgan fingerprint density at radius 1 is 1.39 bits per heavy atom. The van der Waals surface area contributed by atoms with Crippen LogP contribution in [0.3, 0.4) is 0 Å². The van der Waals surface area contributed by atoms with E-state index in [0.717, 1.165) is 10.0 Å². The Hall–Kier alpha value is -0.710. The molecule has 0 aliphatic carbocycles. The normalized spacial score (nSPS) is 12.7. The smallest absolute Gasteiger partial charge is 0.271 e. The molecule has 1 heterocycles. The minimum absolute atomic E-state index is 0.119. The van der Waals surface area contributed by atoms with Gasteiger partial charge in [0, 0.05) is 4.47 Å². The average Bonchev–Trinajstić information content (AvgIpc) is 2.60. The van der Waals surface area contributed by atoms with Crippen molar-refractivity contribution in [3.05, 3.63) is 54.3 Å². The third-order valence-corrected chi connectivity index (χ3v) is 4.50. The molecule has 1 aromatic heterocycles. The van der Waals surface area contributed by atoms with E-state index in [0.29, 0.717) is 15.7 Å². The lowest BCUT2D eigenvalue weighted by Crippen LogP contribution is -2.22. The van der Waals surface area contributed by atoms with Gasteiger partial charge >= 0.3 is 0 Å². The van der Waals surface area contributed by atoms with Crippen molar-refractivity contribution in [3.63, 3.8) is 0 Å². The van der Waals surface area contributed by atoms with Crippen LogP contribution in [0.15, 0.2) is 27.5 Å².